The lowest BCUT2D eigenvalue weighted by atomic mass is 9.98. The second-order valence-electron chi connectivity index (χ2n) is 8.49. The van der Waals surface area contributed by atoms with Gasteiger partial charge >= 0.3 is 11.9 Å². The molecule has 0 aliphatic rings. The molecule has 0 saturated heterocycles. The molecule has 0 saturated carbocycles. The molecule has 180 valence electrons. The third kappa shape index (κ3) is 5.27. The standard InChI is InChI=1S/C29H30N2O4/c1-4-5-13-26-30-25-12-8-9-22(18-27(32)34-2)28(25)31(26)19-20-14-16-21(17-15-20)23-10-6-7-11-24(23)29(33)35-3/h6-12,14-17H,4-5,13,18-19H2,1-3H3. The molecule has 0 radical (unpaired) electrons. The molecule has 0 spiro atoms. The summed E-state index contributed by atoms with van der Waals surface area (Å²) in [7, 11) is 2.80. The Morgan fingerprint density at radius 2 is 1.69 bits per heavy atom. The van der Waals surface area contributed by atoms with Gasteiger partial charge in [0.2, 0.25) is 0 Å². The van der Waals surface area contributed by atoms with Crippen molar-refractivity contribution >= 4 is 23.0 Å². The molecule has 0 atom stereocenters. The van der Waals surface area contributed by atoms with Crippen LogP contribution >= 0.6 is 0 Å². The summed E-state index contributed by atoms with van der Waals surface area (Å²) in [5, 5.41) is 0. The average Bonchev–Trinajstić information content (AvgIpc) is 3.25. The summed E-state index contributed by atoms with van der Waals surface area (Å²) in [6, 6.07) is 21.5. The topological polar surface area (TPSA) is 70.4 Å². The van der Waals surface area contributed by atoms with Crippen LogP contribution < -0.4 is 0 Å². The molecule has 0 aliphatic carbocycles. The highest BCUT2D eigenvalue weighted by atomic mass is 16.5. The van der Waals surface area contributed by atoms with Gasteiger partial charge in [-0.25, -0.2) is 9.78 Å². The largest absolute Gasteiger partial charge is 0.469 e. The van der Waals surface area contributed by atoms with Crippen LogP contribution in [0.3, 0.4) is 0 Å². The molecule has 0 aliphatic heterocycles. The van der Waals surface area contributed by atoms with E-state index in [9.17, 15) is 9.59 Å². The molecule has 1 aromatic heterocycles. The molecule has 4 rings (SSSR count). The zero-order valence-corrected chi connectivity index (χ0v) is 20.4. The lowest BCUT2D eigenvalue weighted by molar-refractivity contribution is -0.139. The van der Waals surface area contributed by atoms with Gasteiger partial charge in [0, 0.05) is 13.0 Å². The van der Waals surface area contributed by atoms with E-state index in [0.29, 0.717) is 12.1 Å². The highest BCUT2D eigenvalue weighted by molar-refractivity contribution is 5.97. The van der Waals surface area contributed by atoms with Gasteiger partial charge in [0.25, 0.3) is 0 Å². The van der Waals surface area contributed by atoms with Gasteiger partial charge in [-0.15, -0.1) is 0 Å². The maximum absolute atomic E-state index is 12.2. The molecule has 35 heavy (non-hydrogen) atoms. The molecule has 6 nitrogen and oxygen atoms in total. The number of esters is 2. The fourth-order valence-electron chi connectivity index (χ4n) is 4.37. The molecule has 0 fully saturated rings. The third-order valence-corrected chi connectivity index (χ3v) is 6.18. The first-order valence-electron chi connectivity index (χ1n) is 11.9. The first-order chi connectivity index (χ1) is 17.0. The zero-order chi connectivity index (χ0) is 24.8. The Morgan fingerprint density at radius 1 is 0.914 bits per heavy atom. The first-order valence-corrected chi connectivity index (χ1v) is 11.9. The van der Waals surface area contributed by atoms with E-state index < -0.39 is 0 Å². The minimum absolute atomic E-state index is 0.204. The van der Waals surface area contributed by atoms with Crippen molar-refractivity contribution in [2.45, 2.75) is 39.2 Å². The zero-order valence-electron chi connectivity index (χ0n) is 20.4. The van der Waals surface area contributed by atoms with Crippen molar-refractivity contribution in [1.29, 1.82) is 0 Å². The van der Waals surface area contributed by atoms with Gasteiger partial charge in [-0.2, -0.15) is 0 Å². The van der Waals surface area contributed by atoms with E-state index in [1.807, 2.05) is 48.5 Å². The number of aryl methyl sites for hydroxylation is 1. The maximum Gasteiger partial charge on any atom is 0.338 e. The number of fused-ring (bicyclic) bond motifs is 1. The molecule has 0 unspecified atom stereocenters. The van der Waals surface area contributed by atoms with Crippen LogP contribution in [0.1, 0.15) is 47.1 Å². The highest BCUT2D eigenvalue weighted by Crippen LogP contribution is 2.27. The lowest BCUT2D eigenvalue weighted by Gasteiger charge is -2.13. The number of hydrogen-bond acceptors (Lipinski definition) is 5. The smallest absolute Gasteiger partial charge is 0.338 e. The Kier molecular flexibility index (Phi) is 7.60. The molecule has 0 amide bonds. The number of rotatable bonds is 9. The minimum atomic E-state index is -0.353. The monoisotopic (exact) mass is 470 g/mol. The first kappa shape index (κ1) is 24.2. The van der Waals surface area contributed by atoms with Crippen LogP contribution in [0.4, 0.5) is 0 Å². The summed E-state index contributed by atoms with van der Waals surface area (Å²) >= 11 is 0. The van der Waals surface area contributed by atoms with Gasteiger partial charge in [0.15, 0.2) is 0 Å². The maximum atomic E-state index is 12.2. The van der Waals surface area contributed by atoms with E-state index in [1.54, 1.807) is 6.07 Å². The van der Waals surface area contributed by atoms with Crippen LogP contribution in [-0.2, 0) is 33.7 Å². The van der Waals surface area contributed by atoms with E-state index in [1.165, 1.54) is 14.2 Å². The SMILES string of the molecule is CCCCc1nc2cccc(CC(=O)OC)c2n1Cc1ccc(-c2ccccc2C(=O)OC)cc1. The summed E-state index contributed by atoms with van der Waals surface area (Å²) in [5.41, 5.74) is 6.20. The molecular weight excluding hydrogens is 440 g/mol. The van der Waals surface area contributed by atoms with Crippen LogP contribution in [-0.4, -0.2) is 35.7 Å². The van der Waals surface area contributed by atoms with Crippen molar-refractivity contribution in [3.8, 4) is 11.1 Å². The van der Waals surface area contributed by atoms with E-state index >= 15 is 0 Å². The van der Waals surface area contributed by atoms with Gasteiger partial charge in [-0.05, 0) is 40.8 Å². The fraction of sp³-hybridized carbons (Fsp3) is 0.276. The molecule has 4 aromatic rings. The van der Waals surface area contributed by atoms with Gasteiger partial charge < -0.3 is 14.0 Å². The highest BCUT2D eigenvalue weighted by Gasteiger charge is 2.17. The normalized spacial score (nSPS) is 10.9. The van der Waals surface area contributed by atoms with Crippen molar-refractivity contribution in [3.05, 3.63) is 89.2 Å². The van der Waals surface area contributed by atoms with Gasteiger partial charge in [-0.1, -0.05) is 67.9 Å². The van der Waals surface area contributed by atoms with Crippen molar-refractivity contribution in [2.24, 2.45) is 0 Å². The number of para-hydroxylation sites is 1. The van der Waals surface area contributed by atoms with Crippen LogP contribution in [0, 0.1) is 0 Å². The minimum Gasteiger partial charge on any atom is -0.469 e. The third-order valence-electron chi connectivity index (χ3n) is 6.18. The van der Waals surface area contributed by atoms with Gasteiger partial charge in [0.05, 0.1) is 37.2 Å². The molecule has 3 aromatic carbocycles. The second kappa shape index (κ2) is 11.0. The number of hydrogen-bond donors (Lipinski definition) is 0. The number of ether oxygens (including phenoxy) is 2. The summed E-state index contributed by atoms with van der Waals surface area (Å²) in [6.45, 7) is 2.80. The molecular formula is C29H30N2O4. The molecule has 0 bridgehead atoms. The molecule has 1 heterocycles. The quantitative estimate of drug-likeness (QED) is 0.298. The summed E-state index contributed by atoms with van der Waals surface area (Å²) in [5.74, 6) is 0.390. The van der Waals surface area contributed by atoms with E-state index in [0.717, 1.165) is 58.4 Å². The molecule has 0 N–H and O–H groups in total. The van der Waals surface area contributed by atoms with Crippen molar-refractivity contribution < 1.29 is 19.1 Å². The number of carbonyl (C=O) groups excluding carboxylic acids is 2. The number of nitrogens with zero attached hydrogens (tertiary/aromatic N) is 2. The Hall–Kier alpha value is -3.93. The second-order valence-corrected chi connectivity index (χ2v) is 8.49. The average molecular weight is 471 g/mol. The summed E-state index contributed by atoms with van der Waals surface area (Å²) < 4.78 is 12.1. The number of aromatic nitrogens is 2. The van der Waals surface area contributed by atoms with Gasteiger partial charge in [0.1, 0.15) is 5.82 Å². The van der Waals surface area contributed by atoms with Gasteiger partial charge in [-0.3, -0.25) is 4.79 Å². The number of benzene rings is 3. The number of carbonyl (C=O) groups is 2. The summed E-state index contributed by atoms with van der Waals surface area (Å²) in [4.78, 5) is 29.2. The predicted molar refractivity (Wildman–Crippen MR) is 136 cm³/mol. The van der Waals surface area contributed by atoms with Crippen molar-refractivity contribution in [3.63, 3.8) is 0 Å². The Bertz CT molecular complexity index is 1340. The Balaban J connectivity index is 1.71. The number of imidazole rings is 1. The van der Waals surface area contributed by atoms with Crippen LogP contribution in [0.5, 0.6) is 0 Å². The van der Waals surface area contributed by atoms with E-state index in [-0.39, 0.29) is 18.4 Å². The summed E-state index contributed by atoms with van der Waals surface area (Å²) in [6.07, 6.45) is 3.19. The van der Waals surface area contributed by atoms with Crippen LogP contribution in [0.15, 0.2) is 66.7 Å². The Labute approximate surface area is 205 Å². The van der Waals surface area contributed by atoms with E-state index in [2.05, 4.69) is 23.6 Å². The van der Waals surface area contributed by atoms with E-state index in [4.69, 9.17) is 14.5 Å². The van der Waals surface area contributed by atoms with Crippen molar-refractivity contribution in [2.75, 3.05) is 14.2 Å². The fourth-order valence-corrected chi connectivity index (χ4v) is 4.37. The van der Waals surface area contributed by atoms with Crippen LogP contribution in [0.25, 0.3) is 22.2 Å². The molecule has 6 heteroatoms. The lowest BCUT2D eigenvalue weighted by Crippen LogP contribution is -2.09. The van der Waals surface area contributed by atoms with Crippen LogP contribution in [0.2, 0.25) is 0 Å². The van der Waals surface area contributed by atoms with Crippen molar-refractivity contribution in [1.82, 2.24) is 9.55 Å². The predicted octanol–water partition coefficient (Wildman–Crippen LogP) is 5.60. The number of unbranched alkanes of at least 4 members (excludes halogenated alkanes) is 1. The Morgan fingerprint density at radius 3 is 2.40 bits per heavy atom. The number of methoxy groups -OCH3 is 2.